The van der Waals surface area contributed by atoms with Gasteiger partial charge in [0, 0.05) is 12.8 Å². The molecule has 0 aromatic carbocycles. The molecule has 1 rings (SSSR count). The van der Waals surface area contributed by atoms with Gasteiger partial charge < -0.3 is 45.1 Å². The fraction of sp³-hybridized carbons (Fsp3) is 0.750. The molecule has 1 aliphatic rings. The Morgan fingerprint density at radius 3 is 1.72 bits per heavy atom. The first-order valence-corrected chi connectivity index (χ1v) is 26.7. The quantitative estimate of drug-likeness (QED) is 0.0149. The SMILES string of the molecule is CCC/C=C\C/C=C\CCCCCCCC(=O)OCCCCC/C=C\C=C/CCCCCCCCC(=O)NC(COC1OC(CO)C(O)C(O)C1O)C(O)/C=C/CC/C=C/CCCCCCC. The van der Waals surface area contributed by atoms with E-state index in [1.807, 2.05) is 6.08 Å². The van der Waals surface area contributed by atoms with Crippen molar-refractivity contribution in [2.75, 3.05) is 19.8 Å². The van der Waals surface area contributed by atoms with Crippen LogP contribution in [0.1, 0.15) is 206 Å². The molecule has 1 saturated heterocycles. The lowest BCUT2D eigenvalue weighted by atomic mass is 9.99. The number of carbonyl (C=O) groups is 2. The Kier molecular flexibility index (Phi) is 42.2. The van der Waals surface area contributed by atoms with Crippen LogP contribution in [0.25, 0.3) is 0 Å². The Morgan fingerprint density at radius 1 is 0.567 bits per heavy atom. The van der Waals surface area contributed by atoms with E-state index >= 15 is 0 Å². The second-order valence-corrected chi connectivity index (χ2v) is 18.2. The summed E-state index contributed by atoms with van der Waals surface area (Å²) in [6, 6.07) is -0.845. The number of rotatable bonds is 44. The zero-order valence-electron chi connectivity index (χ0n) is 42.1. The first-order chi connectivity index (χ1) is 32.7. The number of amides is 1. The zero-order chi connectivity index (χ0) is 48.8. The fourth-order valence-corrected chi connectivity index (χ4v) is 7.71. The lowest BCUT2D eigenvalue weighted by molar-refractivity contribution is -0.302. The van der Waals surface area contributed by atoms with E-state index in [0.29, 0.717) is 19.4 Å². The number of allylic oxidation sites excluding steroid dienone is 11. The van der Waals surface area contributed by atoms with Gasteiger partial charge in [-0.1, -0.05) is 164 Å². The smallest absolute Gasteiger partial charge is 0.305 e. The molecule has 67 heavy (non-hydrogen) atoms. The minimum absolute atomic E-state index is 0.0587. The van der Waals surface area contributed by atoms with E-state index in [0.717, 1.165) is 116 Å². The second kappa shape index (κ2) is 45.5. The summed E-state index contributed by atoms with van der Waals surface area (Å²) >= 11 is 0. The third-order valence-electron chi connectivity index (χ3n) is 12.0. The number of esters is 1. The number of hydrogen-bond donors (Lipinski definition) is 6. The molecule has 0 aliphatic carbocycles. The minimum Gasteiger partial charge on any atom is -0.466 e. The van der Waals surface area contributed by atoms with Gasteiger partial charge >= 0.3 is 5.97 Å². The molecular formula is C56H97NO10. The van der Waals surface area contributed by atoms with Crippen molar-refractivity contribution >= 4 is 11.9 Å². The fourth-order valence-electron chi connectivity index (χ4n) is 7.71. The molecule has 386 valence electrons. The molecule has 11 heteroatoms. The van der Waals surface area contributed by atoms with Gasteiger partial charge in [0.1, 0.15) is 24.4 Å². The molecule has 0 saturated carbocycles. The standard InChI is InChI=1S/C56H97NO10/c1-3-5-7-9-11-13-15-19-24-28-32-36-40-44-52(61)65-45-41-37-33-29-25-21-18-16-17-20-23-27-31-35-39-43-51(60)57-48(47-66-56-55(64)54(63)53(62)50(46-58)67-56)49(59)42-38-34-30-26-22-14-12-10-8-6-4-2/h7,9,13,15-16,18,21-22,25-26,38,42,48-50,53-56,58-59,62-64H,3-6,8,10-12,14,17,19-20,23-24,27-37,39-41,43-47H2,1-2H3,(H,57,60)/b9-7-,15-13-,18-16-,25-21-,26-22+,42-38+. The molecule has 1 fully saturated rings. The summed E-state index contributed by atoms with van der Waals surface area (Å²) in [4.78, 5) is 25.0. The number of carbonyl (C=O) groups excluding carboxylic acids is 2. The maximum absolute atomic E-state index is 13.0. The third kappa shape index (κ3) is 35.8. The van der Waals surface area contributed by atoms with Crippen LogP contribution in [0, 0.1) is 0 Å². The van der Waals surface area contributed by atoms with E-state index in [9.17, 15) is 35.1 Å². The van der Waals surface area contributed by atoms with Gasteiger partial charge in [-0.15, -0.1) is 0 Å². The number of aliphatic hydroxyl groups excluding tert-OH is 5. The predicted octanol–water partition coefficient (Wildman–Crippen LogP) is 11.3. The van der Waals surface area contributed by atoms with Crippen LogP contribution in [0.5, 0.6) is 0 Å². The number of aliphatic hydroxyl groups is 5. The van der Waals surface area contributed by atoms with Crippen molar-refractivity contribution in [1.82, 2.24) is 5.32 Å². The summed E-state index contributed by atoms with van der Waals surface area (Å²) in [5, 5.41) is 54.1. The van der Waals surface area contributed by atoms with Gasteiger partial charge in [-0.25, -0.2) is 0 Å². The topological polar surface area (TPSA) is 175 Å². The van der Waals surface area contributed by atoms with Crippen LogP contribution in [0.4, 0.5) is 0 Å². The maximum atomic E-state index is 13.0. The Morgan fingerprint density at radius 2 is 1.09 bits per heavy atom. The van der Waals surface area contributed by atoms with E-state index in [2.05, 4.69) is 79.9 Å². The molecule has 6 N–H and O–H groups in total. The highest BCUT2D eigenvalue weighted by Crippen LogP contribution is 2.22. The van der Waals surface area contributed by atoms with Crippen molar-refractivity contribution in [3.05, 3.63) is 72.9 Å². The van der Waals surface area contributed by atoms with E-state index in [-0.39, 0.29) is 18.5 Å². The van der Waals surface area contributed by atoms with Gasteiger partial charge in [0.05, 0.1) is 32.0 Å². The summed E-state index contributed by atoms with van der Waals surface area (Å²) in [5.74, 6) is -0.278. The molecule has 1 amide bonds. The van der Waals surface area contributed by atoms with Gasteiger partial charge in [0.15, 0.2) is 6.29 Å². The lowest BCUT2D eigenvalue weighted by Crippen LogP contribution is -2.60. The van der Waals surface area contributed by atoms with Gasteiger partial charge in [0.2, 0.25) is 5.91 Å². The van der Waals surface area contributed by atoms with Gasteiger partial charge in [-0.2, -0.15) is 0 Å². The first kappa shape index (κ1) is 62.1. The summed E-state index contributed by atoms with van der Waals surface area (Å²) in [6.45, 7) is 4.13. The minimum atomic E-state index is -1.59. The number of ether oxygens (including phenoxy) is 3. The molecule has 7 atom stereocenters. The van der Waals surface area contributed by atoms with E-state index in [1.54, 1.807) is 6.08 Å². The molecule has 1 aliphatic heterocycles. The molecule has 0 radical (unpaired) electrons. The van der Waals surface area contributed by atoms with Crippen LogP contribution in [0.3, 0.4) is 0 Å². The highest BCUT2D eigenvalue weighted by atomic mass is 16.7. The lowest BCUT2D eigenvalue weighted by Gasteiger charge is -2.40. The van der Waals surface area contributed by atoms with Crippen molar-refractivity contribution in [3.63, 3.8) is 0 Å². The van der Waals surface area contributed by atoms with Gasteiger partial charge in [-0.05, 0) is 103 Å². The molecule has 11 nitrogen and oxygen atoms in total. The third-order valence-corrected chi connectivity index (χ3v) is 12.0. The number of hydrogen-bond acceptors (Lipinski definition) is 10. The van der Waals surface area contributed by atoms with Crippen molar-refractivity contribution in [2.45, 2.75) is 249 Å². The molecule has 0 aromatic heterocycles. The molecule has 7 unspecified atom stereocenters. The van der Waals surface area contributed by atoms with Crippen molar-refractivity contribution in [3.8, 4) is 0 Å². The van der Waals surface area contributed by atoms with E-state index in [4.69, 9.17) is 14.2 Å². The number of unbranched alkanes of at least 4 members (excludes halogenated alkanes) is 21. The Hall–Kier alpha value is -2.90. The Labute approximate surface area is 407 Å². The van der Waals surface area contributed by atoms with Crippen molar-refractivity contribution < 1.29 is 49.3 Å². The summed E-state index contributed by atoms with van der Waals surface area (Å²) < 4.78 is 16.6. The molecule has 1 heterocycles. The van der Waals surface area contributed by atoms with Gasteiger partial charge in [-0.3, -0.25) is 9.59 Å². The Balaban J connectivity index is 2.19. The van der Waals surface area contributed by atoms with Crippen molar-refractivity contribution in [2.24, 2.45) is 0 Å². The van der Waals surface area contributed by atoms with E-state index in [1.165, 1.54) is 64.2 Å². The highest BCUT2D eigenvalue weighted by Gasteiger charge is 2.44. The molecule has 0 aromatic rings. The summed E-state index contributed by atoms with van der Waals surface area (Å²) in [5.41, 5.74) is 0. The average Bonchev–Trinajstić information content (AvgIpc) is 3.32. The normalized spacial score (nSPS) is 20.1. The molecule has 0 bridgehead atoms. The first-order valence-electron chi connectivity index (χ1n) is 26.7. The second-order valence-electron chi connectivity index (χ2n) is 18.2. The van der Waals surface area contributed by atoms with Crippen LogP contribution >= 0.6 is 0 Å². The monoisotopic (exact) mass is 944 g/mol. The highest BCUT2D eigenvalue weighted by molar-refractivity contribution is 5.76. The zero-order valence-corrected chi connectivity index (χ0v) is 42.1. The van der Waals surface area contributed by atoms with Gasteiger partial charge in [0.25, 0.3) is 0 Å². The van der Waals surface area contributed by atoms with E-state index < -0.39 is 49.5 Å². The summed E-state index contributed by atoms with van der Waals surface area (Å²) in [6.07, 6.45) is 48.4. The Bertz CT molecular complexity index is 1340. The average molecular weight is 944 g/mol. The largest absolute Gasteiger partial charge is 0.466 e. The van der Waals surface area contributed by atoms with Crippen LogP contribution < -0.4 is 5.32 Å². The summed E-state index contributed by atoms with van der Waals surface area (Å²) in [7, 11) is 0. The van der Waals surface area contributed by atoms with Crippen molar-refractivity contribution in [1.29, 1.82) is 0 Å². The molecular weight excluding hydrogens is 847 g/mol. The molecule has 0 spiro atoms. The maximum Gasteiger partial charge on any atom is 0.305 e. The predicted molar refractivity (Wildman–Crippen MR) is 273 cm³/mol. The van der Waals surface area contributed by atoms with Crippen LogP contribution in [0.2, 0.25) is 0 Å². The van der Waals surface area contributed by atoms with Crippen LogP contribution in [-0.4, -0.2) is 100 Å². The van der Waals surface area contributed by atoms with Crippen LogP contribution in [-0.2, 0) is 23.8 Å². The number of nitrogens with one attached hydrogen (secondary N) is 1. The van der Waals surface area contributed by atoms with Crippen LogP contribution in [0.15, 0.2) is 72.9 Å².